The molecule has 1 fully saturated rings. The molecule has 0 aliphatic carbocycles. The number of urea groups is 1. The number of aromatic nitrogens is 3. The predicted molar refractivity (Wildman–Crippen MR) is 321 cm³/mol. The van der Waals surface area contributed by atoms with E-state index in [0.717, 1.165) is 84.0 Å². The van der Waals surface area contributed by atoms with E-state index in [1.807, 2.05) is 19.9 Å². The first-order valence-electron chi connectivity index (χ1n) is 29.1. The fraction of sp³-hybridized carbons (Fsp3) is 0.517. The van der Waals surface area contributed by atoms with E-state index in [0.29, 0.717) is 49.7 Å². The number of alkyl carbamates (subject to hydrolysis) is 1. The molecule has 5 aromatic rings. The van der Waals surface area contributed by atoms with E-state index in [9.17, 15) is 33.6 Å². The molecule has 0 bridgehead atoms. The first-order valence-corrected chi connectivity index (χ1v) is 30.0. The van der Waals surface area contributed by atoms with E-state index in [1.165, 1.54) is 23.3 Å². The minimum Gasteiger partial charge on any atom is -0.445 e. The number of piperazine rings is 1. The first kappa shape index (κ1) is 64.2. The number of benzene rings is 2. The molecule has 0 saturated carbocycles. The molecule has 24 heteroatoms. The Morgan fingerprint density at radius 3 is 2.05 bits per heavy atom. The number of aryl methyl sites for hydroxylation is 1. The van der Waals surface area contributed by atoms with Crippen LogP contribution in [-0.2, 0) is 69.0 Å². The molecule has 7 amide bonds. The number of amides is 7. The number of nitrogens with two attached hydrogens (primary N) is 2. The maximum absolute atomic E-state index is 13.7. The van der Waals surface area contributed by atoms with E-state index in [1.54, 1.807) is 35.6 Å². The molecule has 0 unspecified atom stereocenters. The van der Waals surface area contributed by atoms with Gasteiger partial charge >= 0.3 is 12.1 Å². The number of anilines is 2. The highest BCUT2D eigenvalue weighted by Crippen LogP contribution is 2.33. The third kappa shape index (κ3) is 19.9. The van der Waals surface area contributed by atoms with Crippen molar-refractivity contribution in [3.63, 3.8) is 0 Å². The molecule has 3 aromatic heterocycles. The largest absolute Gasteiger partial charge is 0.445 e. The number of imide groups is 1. The van der Waals surface area contributed by atoms with Crippen LogP contribution in [0.15, 0.2) is 72.1 Å². The summed E-state index contributed by atoms with van der Waals surface area (Å²) in [5, 5.41) is 13.2. The van der Waals surface area contributed by atoms with Crippen molar-refractivity contribution in [1.29, 1.82) is 0 Å². The highest BCUT2D eigenvalue weighted by molar-refractivity contribution is 7.18. The van der Waals surface area contributed by atoms with Crippen molar-refractivity contribution in [2.75, 3.05) is 103 Å². The van der Waals surface area contributed by atoms with Crippen molar-refractivity contribution < 1.29 is 52.5 Å². The lowest BCUT2D eigenvalue weighted by Crippen LogP contribution is -2.48. The van der Waals surface area contributed by atoms with Gasteiger partial charge in [0.2, 0.25) is 11.8 Å². The molecule has 0 spiro atoms. The van der Waals surface area contributed by atoms with Crippen molar-refractivity contribution in [2.45, 2.75) is 97.9 Å². The summed E-state index contributed by atoms with van der Waals surface area (Å²) in [6.45, 7) is 14.2. The Morgan fingerprint density at radius 2 is 1.37 bits per heavy atom. The number of nitrogens with zero attached hydrogens (tertiary/aromatic N) is 6. The average Bonchev–Trinajstić information content (AvgIpc) is 1.88. The van der Waals surface area contributed by atoms with E-state index in [2.05, 4.69) is 77.2 Å². The molecule has 2 aliphatic rings. The maximum Gasteiger partial charge on any atom is 0.407 e. The van der Waals surface area contributed by atoms with Gasteiger partial charge in [0, 0.05) is 102 Å². The van der Waals surface area contributed by atoms with Gasteiger partial charge in [0.05, 0.1) is 61.9 Å². The molecule has 2 atom stereocenters. The van der Waals surface area contributed by atoms with Gasteiger partial charge in [0.15, 0.2) is 5.82 Å². The maximum atomic E-state index is 13.7. The van der Waals surface area contributed by atoms with E-state index < -0.39 is 30.0 Å². The quantitative estimate of drug-likeness (QED) is 0.0213. The number of primary amides is 1. The fourth-order valence-corrected chi connectivity index (χ4v) is 10.8. The van der Waals surface area contributed by atoms with Crippen LogP contribution in [0.2, 0.25) is 0 Å². The van der Waals surface area contributed by atoms with Crippen molar-refractivity contribution >= 4 is 85.6 Å². The van der Waals surface area contributed by atoms with Crippen LogP contribution in [0, 0.1) is 11.8 Å². The van der Waals surface area contributed by atoms with Gasteiger partial charge in [-0.25, -0.2) is 19.6 Å². The molecule has 2 aliphatic heterocycles. The fourth-order valence-electron chi connectivity index (χ4n) is 9.96. The topological polar surface area (TPSA) is 297 Å². The third-order valence-electron chi connectivity index (χ3n) is 14.8. The Hall–Kier alpha value is -7.35. The summed E-state index contributed by atoms with van der Waals surface area (Å²) >= 11 is 1.68. The second-order valence-electron chi connectivity index (χ2n) is 21.3. The molecule has 0 radical (unpaired) electrons. The Balaban J connectivity index is 0.763. The number of ether oxygens (including phenoxy) is 4. The molecule has 7 rings (SSSR count). The summed E-state index contributed by atoms with van der Waals surface area (Å²) in [4.78, 5) is 103. The number of carbonyl (C=O) groups excluding carboxylic acids is 7. The zero-order valence-electron chi connectivity index (χ0n) is 48.6. The normalized spacial score (nSPS) is 14.6. The number of hydrogen-bond acceptors (Lipinski definition) is 17. The van der Waals surface area contributed by atoms with Crippen LogP contribution in [0.5, 0.6) is 0 Å². The van der Waals surface area contributed by atoms with Crippen molar-refractivity contribution in [3.05, 3.63) is 94.6 Å². The number of rotatable bonds is 36. The van der Waals surface area contributed by atoms with E-state index in [4.69, 9.17) is 35.4 Å². The van der Waals surface area contributed by atoms with Gasteiger partial charge < -0.3 is 56.2 Å². The second kappa shape index (κ2) is 33.2. The highest BCUT2D eigenvalue weighted by Gasteiger charge is 2.29. The molecule has 5 heterocycles. The summed E-state index contributed by atoms with van der Waals surface area (Å²) in [6.07, 6.45) is 6.08. The van der Waals surface area contributed by atoms with E-state index >= 15 is 0 Å². The summed E-state index contributed by atoms with van der Waals surface area (Å²) in [5.41, 5.74) is 18.0. The van der Waals surface area contributed by atoms with Crippen molar-refractivity contribution in [3.8, 4) is 0 Å². The number of thiophene rings is 1. The Labute approximate surface area is 494 Å². The van der Waals surface area contributed by atoms with Crippen LogP contribution < -0.4 is 32.7 Å². The van der Waals surface area contributed by atoms with E-state index in [-0.39, 0.29) is 108 Å². The number of nitrogens with one attached hydrogen (secondary N) is 4. The van der Waals surface area contributed by atoms with Gasteiger partial charge in [-0.2, -0.15) is 0 Å². The number of unbranched alkanes of at least 4 members (excludes halogenated alkanes) is 1. The molecule has 2 aromatic carbocycles. The molecule has 23 nitrogen and oxygen atoms in total. The Bertz CT molecular complexity index is 3000. The molecule has 1 saturated heterocycles. The number of carbonyl (C=O) groups is 7. The van der Waals surface area contributed by atoms with Crippen LogP contribution >= 0.6 is 11.3 Å². The number of Topliss-reactive ketones (excluding diaryl/α,β-unsaturated/α-hetero) is 1. The van der Waals surface area contributed by atoms with Crippen LogP contribution in [-0.4, -0.2) is 169 Å². The van der Waals surface area contributed by atoms with Crippen LogP contribution in [0.4, 0.5) is 21.1 Å². The summed E-state index contributed by atoms with van der Waals surface area (Å²) < 4.78 is 25.4. The number of fused-ring (bicyclic) bond motifs is 3. The van der Waals surface area contributed by atoms with Crippen LogP contribution in [0.25, 0.3) is 21.3 Å². The number of pyridine rings is 1. The molecule has 84 heavy (non-hydrogen) atoms. The monoisotopic (exact) mass is 1180 g/mol. The molecule has 454 valence electrons. The lowest BCUT2D eigenvalue weighted by Gasteiger charge is -2.34. The van der Waals surface area contributed by atoms with Gasteiger partial charge in [0.25, 0.3) is 11.8 Å². The predicted octanol–water partition coefficient (Wildman–Crippen LogP) is 5.52. The molecular formula is C60H82N12O11S. The second-order valence-corrected chi connectivity index (χ2v) is 22.3. The van der Waals surface area contributed by atoms with Gasteiger partial charge in [-0.05, 0) is 71.9 Å². The smallest absolute Gasteiger partial charge is 0.407 e. The van der Waals surface area contributed by atoms with Gasteiger partial charge in [-0.1, -0.05) is 63.6 Å². The summed E-state index contributed by atoms with van der Waals surface area (Å²) in [6, 6.07) is 16.1. The Morgan fingerprint density at radius 1 is 0.714 bits per heavy atom. The molecule has 8 N–H and O–H groups in total. The highest BCUT2D eigenvalue weighted by atomic mass is 32.1. The van der Waals surface area contributed by atoms with Crippen molar-refractivity contribution in [1.82, 2.24) is 45.2 Å². The lowest BCUT2D eigenvalue weighted by molar-refractivity contribution is -0.138. The number of imidazole rings is 1. The number of ketones is 1. The van der Waals surface area contributed by atoms with Crippen LogP contribution in [0.3, 0.4) is 0 Å². The minimum absolute atomic E-state index is 0.0197. The van der Waals surface area contributed by atoms with Gasteiger partial charge in [-0.15, -0.1) is 11.3 Å². The average molecular weight is 1180 g/mol. The number of nitrogen functional groups attached to an aromatic ring is 1. The first-order chi connectivity index (χ1) is 40.6. The minimum atomic E-state index is -0.960. The summed E-state index contributed by atoms with van der Waals surface area (Å²) in [5.74, 6) is -0.785. The molecular weight excluding hydrogens is 1100 g/mol. The SMILES string of the molecule is CCCCc1nc2c(N)nc3ccsc3c2n1Cc1ccc(CN2CCN(CCNC(=O)OCc3ccc(NC(=O)[C@H](CCCNC(N)=O)NC(=O)[C@@H](CCC(=O)CCOCCOCCOCCN4C(=O)C=CC4=O)C(C)C)cc3)CC2)cc1. The van der Waals surface area contributed by atoms with Crippen LogP contribution in [0.1, 0.15) is 88.2 Å². The zero-order valence-corrected chi connectivity index (χ0v) is 49.4. The standard InChI is InChI=1S/C60H82N12O11S/c1-4-5-8-50-68-53-54(55-48(22-37-84-55)66-56(53)61)72(50)39-43-11-9-42(10-12-43)38-70-28-26-69(27-29-70)25-24-64-60(79)83-40-44-13-15-45(16-14-44)65-58(77)49(7-6-23-63-59(62)78)67-57(76)47(41(2)3)18-17-46(73)21-31-80-33-35-82-36-34-81-32-30-71-51(74)19-20-52(71)75/h9-16,19-20,22,37,41,47,49H,4-8,17-18,21,23-36,38-40H2,1-3H3,(H2,61,66)(H,64,79)(H,65,77)(H,67,76)(H3,62,63,78)/t47-,49-/m0/s1. The van der Waals surface area contributed by atoms with Crippen molar-refractivity contribution in [2.24, 2.45) is 17.6 Å². The lowest BCUT2D eigenvalue weighted by atomic mass is 9.88. The number of hydrogen-bond donors (Lipinski definition) is 6. The van der Waals surface area contributed by atoms with Gasteiger partial charge in [-0.3, -0.25) is 38.7 Å². The third-order valence-corrected chi connectivity index (χ3v) is 15.7. The van der Waals surface area contributed by atoms with Gasteiger partial charge in [0.1, 0.15) is 29.8 Å². The Kier molecular flexibility index (Phi) is 25.4. The summed E-state index contributed by atoms with van der Waals surface area (Å²) in [7, 11) is 0. The zero-order chi connectivity index (χ0) is 59.8.